The monoisotopic (exact) mass is 279 g/mol. The lowest BCUT2D eigenvalue weighted by atomic mass is 9.98. The van der Waals surface area contributed by atoms with Gasteiger partial charge in [0.2, 0.25) is 5.91 Å². The maximum Gasteiger partial charge on any atom is 0.220 e. The number of hydrogen-bond acceptors (Lipinski definition) is 3. The molecule has 0 aromatic heterocycles. The SMILES string of the molecule is O=C(CC1CCSCC1)NCCCOCCCl. The zero-order chi connectivity index (χ0) is 12.3. The Kier molecular flexibility index (Phi) is 8.93. The third kappa shape index (κ3) is 7.90. The van der Waals surface area contributed by atoms with Gasteiger partial charge >= 0.3 is 0 Å². The Morgan fingerprint density at radius 1 is 1.35 bits per heavy atom. The summed E-state index contributed by atoms with van der Waals surface area (Å²) in [6.45, 7) is 1.98. The van der Waals surface area contributed by atoms with Crippen LogP contribution in [0, 0.1) is 5.92 Å². The molecule has 1 aliphatic rings. The summed E-state index contributed by atoms with van der Waals surface area (Å²) in [7, 11) is 0. The van der Waals surface area contributed by atoms with Crippen LogP contribution in [0.25, 0.3) is 0 Å². The first-order valence-corrected chi connectivity index (χ1v) is 8.00. The first kappa shape index (κ1) is 15.1. The standard InChI is InChI=1S/C12H22ClNO2S/c13-4-7-16-6-1-5-14-12(15)10-11-2-8-17-9-3-11/h11H,1-10H2,(H,14,15). The minimum absolute atomic E-state index is 0.194. The summed E-state index contributed by atoms with van der Waals surface area (Å²) in [5, 5.41) is 2.95. The first-order chi connectivity index (χ1) is 8.33. The Hall–Kier alpha value is 0.0700. The highest BCUT2D eigenvalue weighted by Crippen LogP contribution is 2.24. The fraction of sp³-hybridized carbons (Fsp3) is 0.917. The van der Waals surface area contributed by atoms with Gasteiger partial charge in [0.25, 0.3) is 0 Å². The Morgan fingerprint density at radius 3 is 2.82 bits per heavy atom. The van der Waals surface area contributed by atoms with Crippen LogP contribution >= 0.6 is 23.4 Å². The summed E-state index contributed by atoms with van der Waals surface area (Å²) >= 11 is 7.47. The highest BCUT2D eigenvalue weighted by molar-refractivity contribution is 7.99. The van der Waals surface area contributed by atoms with Gasteiger partial charge in [-0.25, -0.2) is 0 Å². The minimum atomic E-state index is 0.194. The van der Waals surface area contributed by atoms with Gasteiger partial charge in [0.15, 0.2) is 0 Å². The van der Waals surface area contributed by atoms with Gasteiger partial charge in [0, 0.05) is 25.5 Å². The van der Waals surface area contributed by atoms with Crippen LogP contribution in [0.5, 0.6) is 0 Å². The zero-order valence-corrected chi connectivity index (χ0v) is 11.8. The molecule has 5 heteroatoms. The predicted octanol–water partition coefficient (Wildman–Crippen LogP) is 2.28. The van der Waals surface area contributed by atoms with Crippen LogP contribution in [0.3, 0.4) is 0 Å². The molecule has 17 heavy (non-hydrogen) atoms. The number of ether oxygens (including phenoxy) is 1. The van der Waals surface area contributed by atoms with Crippen molar-refractivity contribution in [2.24, 2.45) is 5.92 Å². The van der Waals surface area contributed by atoms with Crippen LogP contribution in [0.2, 0.25) is 0 Å². The number of halogens is 1. The van der Waals surface area contributed by atoms with E-state index in [2.05, 4.69) is 5.32 Å². The molecule has 0 aromatic rings. The second-order valence-electron chi connectivity index (χ2n) is 4.26. The Labute approximate surface area is 113 Å². The van der Waals surface area contributed by atoms with Crippen LogP contribution in [-0.2, 0) is 9.53 Å². The number of thioether (sulfide) groups is 1. The molecular formula is C12H22ClNO2S. The average Bonchev–Trinajstić information content (AvgIpc) is 2.35. The lowest BCUT2D eigenvalue weighted by Crippen LogP contribution is -2.28. The van der Waals surface area contributed by atoms with Crippen molar-refractivity contribution in [2.45, 2.75) is 25.7 Å². The van der Waals surface area contributed by atoms with Gasteiger partial charge in [-0.05, 0) is 36.7 Å². The van der Waals surface area contributed by atoms with E-state index in [1.54, 1.807) is 0 Å². The minimum Gasteiger partial charge on any atom is -0.380 e. The quantitative estimate of drug-likeness (QED) is 0.547. The second kappa shape index (κ2) is 10.0. The van der Waals surface area contributed by atoms with E-state index in [4.69, 9.17) is 16.3 Å². The van der Waals surface area contributed by atoms with E-state index in [0.717, 1.165) is 6.42 Å². The molecule has 1 heterocycles. The summed E-state index contributed by atoms with van der Waals surface area (Å²) in [5.41, 5.74) is 0. The average molecular weight is 280 g/mol. The van der Waals surface area contributed by atoms with Crippen LogP contribution in [-0.4, -0.2) is 43.1 Å². The first-order valence-electron chi connectivity index (χ1n) is 6.31. The maximum atomic E-state index is 11.6. The van der Waals surface area contributed by atoms with E-state index in [-0.39, 0.29) is 5.91 Å². The molecule has 100 valence electrons. The molecule has 0 aliphatic carbocycles. The number of nitrogens with one attached hydrogen (secondary N) is 1. The molecule has 0 spiro atoms. The number of hydrogen-bond donors (Lipinski definition) is 1. The maximum absolute atomic E-state index is 11.6. The summed E-state index contributed by atoms with van der Waals surface area (Å²) in [6, 6.07) is 0. The van der Waals surface area contributed by atoms with Crippen molar-refractivity contribution >= 4 is 29.3 Å². The van der Waals surface area contributed by atoms with Gasteiger partial charge in [-0.2, -0.15) is 11.8 Å². The summed E-state index contributed by atoms with van der Waals surface area (Å²) in [6.07, 6.45) is 3.94. The lowest BCUT2D eigenvalue weighted by Gasteiger charge is -2.20. The highest BCUT2D eigenvalue weighted by Gasteiger charge is 2.16. The number of amides is 1. The van der Waals surface area contributed by atoms with E-state index in [1.807, 2.05) is 11.8 Å². The molecule has 1 saturated heterocycles. The lowest BCUT2D eigenvalue weighted by molar-refractivity contribution is -0.122. The predicted molar refractivity (Wildman–Crippen MR) is 73.8 cm³/mol. The molecule has 1 fully saturated rings. The van der Waals surface area contributed by atoms with E-state index in [9.17, 15) is 4.79 Å². The molecule has 0 bridgehead atoms. The van der Waals surface area contributed by atoms with Crippen molar-refractivity contribution in [3.63, 3.8) is 0 Å². The molecule has 0 unspecified atom stereocenters. The van der Waals surface area contributed by atoms with Crippen molar-refractivity contribution in [1.82, 2.24) is 5.32 Å². The van der Waals surface area contributed by atoms with Crippen molar-refractivity contribution < 1.29 is 9.53 Å². The number of carbonyl (C=O) groups excluding carboxylic acids is 1. The largest absolute Gasteiger partial charge is 0.380 e. The Bertz CT molecular complexity index is 211. The van der Waals surface area contributed by atoms with Crippen molar-refractivity contribution in [3.8, 4) is 0 Å². The molecule has 0 atom stereocenters. The third-order valence-electron chi connectivity index (χ3n) is 2.82. The number of rotatable bonds is 8. The van der Waals surface area contributed by atoms with E-state index >= 15 is 0 Å². The van der Waals surface area contributed by atoms with Crippen LogP contribution in [0.15, 0.2) is 0 Å². The van der Waals surface area contributed by atoms with Crippen LogP contribution in [0.4, 0.5) is 0 Å². The normalized spacial score (nSPS) is 17.0. The highest BCUT2D eigenvalue weighted by atomic mass is 35.5. The van der Waals surface area contributed by atoms with Gasteiger partial charge in [0.1, 0.15) is 0 Å². The molecule has 0 radical (unpaired) electrons. The number of alkyl halides is 1. The molecule has 1 amide bonds. The molecule has 0 aromatic carbocycles. The van der Waals surface area contributed by atoms with Crippen molar-refractivity contribution in [2.75, 3.05) is 37.1 Å². The zero-order valence-electron chi connectivity index (χ0n) is 10.3. The Balaban J connectivity index is 1.93. The summed E-state index contributed by atoms with van der Waals surface area (Å²) in [5.74, 6) is 3.75. The van der Waals surface area contributed by atoms with Crippen LogP contribution < -0.4 is 5.32 Å². The van der Waals surface area contributed by atoms with Crippen LogP contribution in [0.1, 0.15) is 25.7 Å². The van der Waals surface area contributed by atoms with Crippen molar-refractivity contribution in [3.05, 3.63) is 0 Å². The summed E-state index contributed by atoms with van der Waals surface area (Å²) in [4.78, 5) is 11.6. The third-order valence-corrected chi connectivity index (χ3v) is 4.03. The topological polar surface area (TPSA) is 38.3 Å². The Morgan fingerprint density at radius 2 is 2.12 bits per heavy atom. The van der Waals surface area contributed by atoms with E-state index < -0.39 is 0 Å². The number of carbonyl (C=O) groups is 1. The fourth-order valence-corrected chi connectivity index (χ4v) is 3.16. The van der Waals surface area contributed by atoms with Gasteiger partial charge < -0.3 is 10.1 Å². The smallest absolute Gasteiger partial charge is 0.220 e. The molecule has 1 aliphatic heterocycles. The fourth-order valence-electron chi connectivity index (χ4n) is 1.84. The van der Waals surface area contributed by atoms with Gasteiger partial charge in [-0.3, -0.25) is 4.79 Å². The molecular weight excluding hydrogens is 258 g/mol. The molecule has 3 nitrogen and oxygen atoms in total. The second-order valence-corrected chi connectivity index (χ2v) is 5.87. The molecule has 0 saturated carbocycles. The molecule has 1 rings (SSSR count). The van der Waals surface area contributed by atoms with E-state index in [1.165, 1.54) is 24.3 Å². The van der Waals surface area contributed by atoms with Gasteiger partial charge in [0.05, 0.1) is 6.61 Å². The molecule has 1 N–H and O–H groups in total. The van der Waals surface area contributed by atoms with E-state index in [0.29, 0.717) is 38.0 Å². The van der Waals surface area contributed by atoms with Crippen molar-refractivity contribution in [1.29, 1.82) is 0 Å². The summed E-state index contributed by atoms with van der Waals surface area (Å²) < 4.78 is 5.23. The van der Waals surface area contributed by atoms with Gasteiger partial charge in [-0.1, -0.05) is 0 Å². The van der Waals surface area contributed by atoms with Gasteiger partial charge in [-0.15, -0.1) is 11.6 Å².